The Morgan fingerprint density at radius 1 is 0.750 bits per heavy atom. The lowest BCUT2D eigenvalue weighted by Crippen LogP contribution is -2.14. The number of hydrogen-bond donors (Lipinski definition) is 1. The van der Waals surface area contributed by atoms with Crippen LogP contribution in [0.1, 0.15) is 73.6 Å². The molecule has 162 valence electrons. The highest BCUT2D eigenvalue weighted by Gasteiger charge is 2.28. The SMILES string of the molecule is O=C(OC1CCc2ccccc21)c1cc(CO)cc(C(=O)OC2CCc3ccccc32)c1. The molecule has 2 aliphatic rings. The Balaban J connectivity index is 1.35. The zero-order valence-corrected chi connectivity index (χ0v) is 17.6. The van der Waals surface area contributed by atoms with Gasteiger partial charge in [0, 0.05) is 0 Å². The molecule has 0 saturated carbocycles. The van der Waals surface area contributed by atoms with Gasteiger partial charge < -0.3 is 14.6 Å². The maximum absolute atomic E-state index is 12.9. The molecule has 0 saturated heterocycles. The smallest absolute Gasteiger partial charge is 0.338 e. The Hall–Kier alpha value is -3.44. The van der Waals surface area contributed by atoms with Gasteiger partial charge in [-0.05, 0) is 71.7 Å². The number of carbonyl (C=O) groups excluding carboxylic acids is 2. The number of aryl methyl sites for hydroxylation is 2. The van der Waals surface area contributed by atoms with E-state index >= 15 is 0 Å². The number of aliphatic hydroxyl groups is 1. The molecule has 2 aliphatic carbocycles. The van der Waals surface area contributed by atoms with Crippen molar-refractivity contribution < 1.29 is 24.2 Å². The number of rotatable bonds is 5. The van der Waals surface area contributed by atoms with Crippen LogP contribution in [-0.4, -0.2) is 17.0 Å². The Kier molecular flexibility index (Phi) is 5.50. The molecule has 2 unspecified atom stereocenters. The van der Waals surface area contributed by atoms with E-state index < -0.39 is 11.9 Å². The minimum absolute atomic E-state index is 0.236. The van der Waals surface area contributed by atoms with Gasteiger partial charge in [-0.3, -0.25) is 0 Å². The third-order valence-corrected chi connectivity index (χ3v) is 6.30. The zero-order valence-electron chi connectivity index (χ0n) is 17.6. The topological polar surface area (TPSA) is 72.8 Å². The Labute approximate surface area is 186 Å². The van der Waals surface area contributed by atoms with Crippen molar-refractivity contribution in [3.63, 3.8) is 0 Å². The molecule has 1 N–H and O–H groups in total. The lowest BCUT2D eigenvalue weighted by Gasteiger charge is -2.16. The molecule has 0 aromatic heterocycles. The summed E-state index contributed by atoms with van der Waals surface area (Å²) in [5.41, 5.74) is 5.37. The third kappa shape index (κ3) is 3.92. The van der Waals surface area contributed by atoms with Crippen molar-refractivity contribution in [1.82, 2.24) is 0 Å². The predicted octanol–water partition coefficient (Wildman–Crippen LogP) is 4.87. The van der Waals surface area contributed by atoms with Gasteiger partial charge in [-0.25, -0.2) is 9.59 Å². The molecule has 3 aromatic carbocycles. The van der Waals surface area contributed by atoms with Crippen molar-refractivity contribution in [1.29, 1.82) is 0 Å². The monoisotopic (exact) mass is 428 g/mol. The van der Waals surface area contributed by atoms with Crippen LogP contribution < -0.4 is 0 Å². The molecule has 5 nitrogen and oxygen atoms in total. The van der Waals surface area contributed by atoms with E-state index in [2.05, 4.69) is 0 Å². The number of carbonyl (C=O) groups is 2. The molecule has 32 heavy (non-hydrogen) atoms. The first-order valence-electron chi connectivity index (χ1n) is 10.9. The third-order valence-electron chi connectivity index (χ3n) is 6.30. The largest absolute Gasteiger partial charge is 0.454 e. The van der Waals surface area contributed by atoms with Crippen LogP contribution >= 0.6 is 0 Å². The first-order valence-corrected chi connectivity index (χ1v) is 10.9. The van der Waals surface area contributed by atoms with Gasteiger partial charge in [-0.15, -0.1) is 0 Å². The quantitative estimate of drug-likeness (QED) is 0.587. The fourth-order valence-corrected chi connectivity index (χ4v) is 4.69. The van der Waals surface area contributed by atoms with Crippen molar-refractivity contribution in [3.8, 4) is 0 Å². The average Bonchev–Trinajstić information content (AvgIpc) is 3.43. The van der Waals surface area contributed by atoms with Crippen molar-refractivity contribution in [2.24, 2.45) is 0 Å². The van der Waals surface area contributed by atoms with Crippen molar-refractivity contribution in [2.75, 3.05) is 0 Å². The summed E-state index contributed by atoms with van der Waals surface area (Å²) in [5.74, 6) is -1.02. The molecule has 0 amide bonds. The van der Waals surface area contributed by atoms with Gasteiger partial charge in [0.15, 0.2) is 0 Å². The number of hydrogen-bond acceptors (Lipinski definition) is 5. The van der Waals surface area contributed by atoms with E-state index in [4.69, 9.17) is 9.47 Å². The highest BCUT2D eigenvalue weighted by atomic mass is 16.5. The molecule has 5 heteroatoms. The number of benzene rings is 3. The van der Waals surface area contributed by atoms with E-state index in [0.29, 0.717) is 5.56 Å². The Morgan fingerprint density at radius 2 is 1.22 bits per heavy atom. The second-order valence-electron chi connectivity index (χ2n) is 8.34. The van der Waals surface area contributed by atoms with Crippen molar-refractivity contribution >= 4 is 11.9 Å². The van der Waals surface area contributed by atoms with Crippen LogP contribution in [-0.2, 0) is 28.9 Å². The molecule has 0 radical (unpaired) electrons. The fraction of sp³-hybridized carbons (Fsp3) is 0.259. The summed E-state index contributed by atoms with van der Waals surface area (Å²) < 4.78 is 11.5. The highest BCUT2D eigenvalue weighted by Crippen LogP contribution is 2.36. The normalized spacial score (nSPS) is 18.7. The Bertz CT molecular complexity index is 1090. The van der Waals surface area contributed by atoms with Crippen molar-refractivity contribution in [3.05, 3.63) is 106 Å². The van der Waals surface area contributed by atoms with Crippen LogP contribution in [0.3, 0.4) is 0 Å². The number of fused-ring (bicyclic) bond motifs is 2. The lowest BCUT2D eigenvalue weighted by atomic mass is 10.1. The molecule has 0 fully saturated rings. The summed E-state index contributed by atoms with van der Waals surface area (Å²) in [6.07, 6.45) is 2.60. The minimum Gasteiger partial charge on any atom is -0.454 e. The van der Waals surface area contributed by atoms with Crippen molar-refractivity contribution in [2.45, 2.75) is 44.5 Å². The summed E-state index contributed by atoms with van der Waals surface area (Å²) in [6, 6.07) is 20.5. The second kappa shape index (κ2) is 8.60. The molecule has 0 bridgehead atoms. The Morgan fingerprint density at radius 3 is 1.69 bits per heavy atom. The van der Waals surface area contributed by atoms with E-state index in [0.717, 1.165) is 36.8 Å². The van der Waals surface area contributed by atoms with Gasteiger partial charge in [0.25, 0.3) is 0 Å². The zero-order chi connectivity index (χ0) is 22.1. The van der Waals surface area contributed by atoms with Gasteiger partial charge in [0.05, 0.1) is 17.7 Å². The van der Waals surface area contributed by atoms with E-state index in [1.807, 2.05) is 48.5 Å². The number of ether oxygens (including phenoxy) is 2. The standard InChI is InChI=1S/C27H24O5/c28-16-17-13-20(26(29)31-24-11-9-18-5-1-3-7-22(18)24)15-21(14-17)27(30)32-25-12-10-19-6-2-4-8-23(19)25/h1-8,13-15,24-25,28H,9-12,16H2. The molecule has 3 aromatic rings. The van der Waals surface area contributed by atoms with E-state index in [1.54, 1.807) is 12.1 Å². The molecule has 5 rings (SSSR count). The first-order chi connectivity index (χ1) is 15.6. The van der Waals surface area contributed by atoms with Gasteiger partial charge >= 0.3 is 11.9 Å². The predicted molar refractivity (Wildman–Crippen MR) is 118 cm³/mol. The van der Waals surface area contributed by atoms with E-state index in [1.165, 1.54) is 17.2 Å². The maximum atomic E-state index is 12.9. The molecular weight excluding hydrogens is 404 g/mol. The van der Waals surface area contributed by atoms with Gasteiger partial charge in [0.1, 0.15) is 12.2 Å². The first kappa shape index (κ1) is 20.5. The van der Waals surface area contributed by atoms with Crippen LogP contribution in [0.2, 0.25) is 0 Å². The molecular formula is C27H24O5. The summed E-state index contributed by atoms with van der Waals surface area (Å²) >= 11 is 0. The molecule has 0 heterocycles. The van der Waals surface area contributed by atoms with E-state index in [9.17, 15) is 14.7 Å². The van der Waals surface area contributed by atoms with Crippen LogP contribution in [0.15, 0.2) is 66.7 Å². The van der Waals surface area contributed by atoms with Gasteiger partial charge in [-0.1, -0.05) is 48.5 Å². The van der Waals surface area contributed by atoms with Gasteiger partial charge in [0.2, 0.25) is 0 Å². The second-order valence-corrected chi connectivity index (χ2v) is 8.34. The molecule has 0 spiro atoms. The number of esters is 2. The summed E-state index contributed by atoms with van der Waals surface area (Å²) in [7, 11) is 0. The van der Waals surface area contributed by atoms with Crippen LogP contribution in [0.25, 0.3) is 0 Å². The number of aliphatic hydroxyl groups excluding tert-OH is 1. The van der Waals surface area contributed by atoms with Crippen LogP contribution in [0, 0.1) is 0 Å². The average molecular weight is 428 g/mol. The van der Waals surface area contributed by atoms with Gasteiger partial charge in [-0.2, -0.15) is 0 Å². The fourth-order valence-electron chi connectivity index (χ4n) is 4.69. The van der Waals surface area contributed by atoms with Crippen LogP contribution in [0.5, 0.6) is 0 Å². The molecule has 2 atom stereocenters. The summed E-state index contributed by atoms with van der Waals surface area (Å²) in [4.78, 5) is 25.8. The summed E-state index contributed by atoms with van der Waals surface area (Å²) in [6.45, 7) is -0.292. The minimum atomic E-state index is -0.512. The maximum Gasteiger partial charge on any atom is 0.338 e. The summed E-state index contributed by atoms with van der Waals surface area (Å²) in [5, 5.41) is 9.67. The van der Waals surface area contributed by atoms with E-state index in [-0.39, 0.29) is 29.9 Å². The highest BCUT2D eigenvalue weighted by molar-refractivity contribution is 5.96. The lowest BCUT2D eigenvalue weighted by molar-refractivity contribution is 0.0299. The molecule has 0 aliphatic heterocycles. The van der Waals surface area contributed by atoms with Crippen LogP contribution in [0.4, 0.5) is 0 Å².